The first-order chi connectivity index (χ1) is 12.5. The Morgan fingerprint density at radius 3 is 2.26 bits per heavy atom. The van der Waals surface area contributed by atoms with E-state index in [0.29, 0.717) is 13.1 Å². The predicted molar refractivity (Wildman–Crippen MR) is 98.0 cm³/mol. The first-order valence-electron chi connectivity index (χ1n) is 8.58. The normalized spacial score (nSPS) is 16.7. The van der Waals surface area contributed by atoms with E-state index in [9.17, 15) is 22.4 Å². The molecule has 0 spiro atoms. The lowest BCUT2D eigenvalue weighted by Crippen LogP contribution is -2.53. The molecular weight excluding hydrogens is 375 g/mol. The van der Waals surface area contributed by atoms with E-state index in [1.807, 2.05) is 0 Å². The van der Waals surface area contributed by atoms with Crippen molar-refractivity contribution in [2.45, 2.75) is 31.2 Å². The van der Waals surface area contributed by atoms with E-state index in [1.54, 1.807) is 25.7 Å². The van der Waals surface area contributed by atoms with Crippen LogP contribution in [0.1, 0.15) is 20.8 Å². The molecule has 0 aliphatic carbocycles. The summed E-state index contributed by atoms with van der Waals surface area (Å²) < 4.78 is 40.1. The third-order valence-corrected chi connectivity index (χ3v) is 5.83. The molecule has 8 nitrogen and oxygen atoms in total. The molecule has 1 saturated heterocycles. The minimum absolute atomic E-state index is 0.0227. The smallest absolute Gasteiger partial charge is 0.321 e. The fourth-order valence-electron chi connectivity index (χ4n) is 2.66. The fourth-order valence-corrected chi connectivity index (χ4v) is 4.15. The lowest BCUT2D eigenvalue weighted by atomic mass is 10.1. The molecule has 1 aromatic rings. The van der Waals surface area contributed by atoms with Gasteiger partial charge in [-0.15, -0.1) is 0 Å². The van der Waals surface area contributed by atoms with Gasteiger partial charge in [0.25, 0.3) is 0 Å². The summed E-state index contributed by atoms with van der Waals surface area (Å²) in [6.45, 7) is 6.26. The van der Waals surface area contributed by atoms with Gasteiger partial charge in [0, 0.05) is 31.7 Å². The van der Waals surface area contributed by atoms with Gasteiger partial charge in [0.15, 0.2) is 0 Å². The van der Waals surface area contributed by atoms with E-state index in [2.05, 4.69) is 10.6 Å². The second kappa shape index (κ2) is 8.32. The number of urea groups is 1. The molecule has 0 atom stereocenters. The maximum atomic E-state index is 13.8. The molecule has 0 aromatic heterocycles. The number of halogens is 1. The molecule has 1 heterocycles. The van der Waals surface area contributed by atoms with Crippen molar-refractivity contribution < 1.29 is 22.4 Å². The van der Waals surface area contributed by atoms with Crippen LogP contribution in [0.4, 0.5) is 9.18 Å². The van der Waals surface area contributed by atoms with Gasteiger partial charge < -0.3 is 5.32 Å². The molecular formula is C17H25FN4O4S. The Labute approximate surface area is 158 Å². The molecule has 1 fully saturated rings. The lowest BCUT2D eigenvalue weighted by molar-refractivity contribution is -0.121. The molecule has 3 amide bonds. The van der Waals surface area contributed by atoms with Crippen molar-refractivity contribution >= 4 is 22.0 Å². The monoisotopic (exact) mass is 400 g/mol. The summed E-state index contributed by atoms with van der Waals surface area (Å²) in [6.07, 6.45) is 0. The topological polar surface area (TPSA) is 98.8 Å². The van der Waals surface area contributed by atoms with E-state index in [4.69, 9.17) is 0 Å². The molecule has 0 bridgehead atoms. The average Bonchev–Trinajstić information content (AvgIpc) is 2.53. The quantitative estimate of drug-likeness (QED) is 0.777. The van der Waals surface area contributed by atoms with Gasteiger partial charge in [0.1, 0.15) is 10.7 Å². The SMILES string of the molecule is CC(C)(C)NC(=O)NC(=O)CN1CCN(S(=O)(=O)c2ccccc2F)CC1. The van der Waals surface area contributed by atoms with Crippen LogP contribution >= 0.6 is 0 Å². The second-order valence-corrected chi connectivity index (χ2v) is 9.27. The first-order valence-corrected chi connectivity index (χ1v) is 10.0. The zero-order valence-electron chi connectivity index (χ0n) is 15.7. The van der Waals surface area contributed by atoms with Gasteiger partial charge in [-0.3, -0.25) is 15.0 Å². The van der Waals surface area contributed by atoms with Crippen LogP contribution in [0.25, 0.3) is 0 Å². The Balaban J connectivity index is 1.87. The molecule has 1 aromatic carbocycles. The molecule has 150 valence electrons. The standard InChI is InChI=1S/C17H25FN4O4S/c1-17(2,3)20-16(24)19-15(23)12-21-8-10-22(11-9-21)27(25,26)14-7-5-4-6-13(14)18/h4-7H,8-12H2,1-3H3,(H2,19,20,23,24). The second-order valence-electron chi connectivity index (χ2n) is 7.36. The van der Waals surface area contributed by atoms with Crippen molar-refractivity contribution in [2.75, 3.05) is 32.7 Å². The zero-order valence-corrected chi connectivity index (χ0v) is 16.5. The van der Waals surface area contributed by atoms with Crippen LogP contribution in [0, 0.1) is 5.82 Å². The number of benzene rings is 1. The molecule has 27 heavy (non-hydrogen) atoms. The highest BCUT2D eigenvalue weighted by molar-refractivity contribution is 7.89. The summed E-state index contributed by atoms with van der Waals surface area (Å²) in [4.78, 5) is 25.0. The summed E-state index contributed by atoms with van der Waals surface area (Å²) in [5.41, 5.74) is -0.461. The number of imide groups is 1. The van der Waals surface area contributed by atoms with Gasteiger partial charge in [-0.1, -0.05) is 12.1 Å². The number of piperazine rings is 1. The number of carbonyl (C=O) groups excluding carboxylic acids is 2. The average molecular weight is 400 g/mol. The number of rotatable bonds is 4. The van der Waals surface area contributed by atoms with Gasteiger partial charge in [0.2, 0.25) is 15.9 Å². The minimum Gasteiger partial charge on any atom is -0.333 e. The largest absolute Gasteiger partial charge is 0.333 e. The van der Waals surface area contributed by atoms with Crippen LogP contribution in [0.2, 0.25) is 0 Å². The highest BCUT2D eigenvalue weighted by atomic mass is 32.2. The lowest BCUT2D eigenvalue weighted by Gasteiger charge is -2.33. The number of nitrogens with one attached hydrogen (secondary N) is 2. The van der Waals surface area contributed by atoms with Crippen LogP contribution in [-0.2, 0) is 14.8 Å². The highest BCUT2D eigenvalue weighted by Crippen LogP contribution is 2.20. The van der Waals surface area contributed by atoms with Crippen LogP contribution < -0.4 is 10.6 Å². The van der Waals surface area contributed by atoms with E-state index in [0.717, 1.165) is 6.07 Å². The van der Waals surface area contributed by atoms with Crippen LogP contribution in [-0.4, -0.2) is 67.8 Å². The summed E-state index contributed by atoms with van der Waals surface area (Å²) >= 11 is 0. The van der Waals surface area contributed by atoms with Gasteiger partial charge in [0.05, 0.1) is 6.54 Å². The highest BCUT2D eigenvalue weighted by Gasteiger charge is 2.31. The Hall–Kier alpha value is -2.04. The Morgan fingerprint density at radius 2 is 1.70 bits per heavy atom. The Kier molecular flexibility index (Phi) is 6.55. The molecule has 0 radical (unpaired) electrons. The first kappa shape index (κ1) is 21.3. The molecule has 0 saturated carbocycles. The summed E-state index contributed by atoms with van der Waals surface area (Å²) in [6, 6.07) is 4.67. The van der Waals surface area contributed by atoms with Crippen LogP contribution in [0.15, 0.2) is 29.2 Å². The predicted octanol–water partition coefficient (Wildman–Crippen LogP) is 0.756. The van der Waals surface area contributed by atoms with E-state index >= 15 is 0 Å². The van der Waals surface area contributed by atoms with Crippen molar-refractivity contribution in [3.63, 3.8) is 0 Å². The zero-order chi connectivity index (χ0) is 20.2. The summed E-state index contributed by atoms with van der Waals surface area (Å²) in [5.74, 6) is -1.26. The van der Waals surface area contributed by atoms with Crippen molar-refractivity contribution in [1.82, 2.24) is 19.8 Å². The maximum absolute atomic E-state index is 13.8. The number of sulfonamides is 1. The van der Waals surface area contributed by atoms with Crippen molar-refractivity contribution in [3.8, 4) is 0 Å². The van der Waals surface area contributed by atoms with Gasteiger partial charge >= 0.3 is 6.03 Å². The van der Waals surface area contributed by atoms with Gasteiger partial charge in [-0.05, 0) is 32.9 Å². The maximum Gasteiger partial charge on any atom is 0.321 e. The molecule has 1 aliphatic heterocycles. The van der Waals surface area contributed by atoms with Crippen LogP contribution in [0.5, 0.6) is 0 Å². The van der Waals surface area contributed by atoms with E-state index < -0.39 is 33.3 Å². The number of nitrogens with zero attached hydrogens (tertiary/aromatic N) is 2. The Bertz CT molecular complexity index is 799. The fraction of sp³-hybridized carbons (Fsp3) is 0.529. The third kappa shape index (κ3) is 5.98. The molecule has 2 rings (SSSR count). The van der Waals surface area contributed by atoms with E-state index in [1.165, 1.54) is 22.5 Å². The van der Waals surface area contributed by atoms with Gasteiger partial charge in [-0.25, -0.2) is 17.6 Å². The van der Waals surface area contributed by atoms with Crippen molar-refractivity contribution in [1.29, 1.82) is 0 Å². The molecule has 0 unspecified atom stereocenters. The molecule has 10 heteroatoms. The van der Waals surface area contributed by atoms with Crippen molar-refractivity contribution in [3.05, 3.63) is 30.1 Å². The summed E-state index contributed by atoms with van der Waals surface area (Å²) in [5, 5.41) is 4.87. The van der Waals surface area contributed by atoms with Crippen molar-refractivity contribution in [2.24, 2.45) is 0 Å². The van der Waals surface area contributed by atoms with Crippen LogP contribution in [0.3, 0.4) is 0 Å². The number of amides is 3. The third-order valence-electron chi connectivity index (χ3n) is 3.89. The number of carbonyl (C=O) groups is 2. The minimum atomic E-state index is -3.92. The summed E-state index contributed by atoms with van der Waals surface area (Å²) in [7, 11) is -3.92. The molecule has 2 N–H and O–H groups in total. The van der Waals surface area contributed by atoms with E-state index in [-0.39, 0.29) is 24.5 Å². The Morgan fingerprint density at radius 1 is 1.11 bits per heavy atom. The number of hydrogen-bond donors (Lipinski definition) is 2. The number of hydrogen-bond acceptors (Lipinski definition) is 5. The van der Waals surface area contributed by atoms with Gasteiger partial charge in [-0.2, -0.15) is 4.31 Å². The molecule has 1 aliphatic rings.